The standard InChI is InChI=1S/C27H26N8/c1-17-2-3-18(14-28)12-22(17)32-24-13-20(6-7-31-24)26-33-23-16-30-15-21(19-4-5-19)25(23)27(34-26)35-10-8-29-9-11-35/h2-3,6-7,12-13,15-16,19,29H,4-5,8-11H2,1H3,(H,31,32). The minimum atomic E-state index is 0.562. The van der Waals surface area contributed by atoms with Crippen molar-refractivity contribution in [1.82, 2.24) is 25.3 Å². The van der Waals surface area contributed by atoms with Gasteiger partial charge in [0.2, 0.25) is 0 Å². The Kier molecular flexibility index (Phi) is 5.47. The van der Waals surface area contributed by atoms with Gasteiger partial charge in [0.15, 0.2) is 5.82 Å². The Balaban J connectivity index is 1.43. The maximum atomic E-state index is 9.27. The second kappa shape index (κ2) is 8.93. The Labute approximate surface area is 204 Å². The maximum Gasteiger partial charge on any atom is 0.162 e. The number of anilines is 3. The Morgan fingerprint density at radius 2 is 1.94 bits per heavy atom. The summed E-state index contributed by atoms with van der Waals surface area (Å²) in [4.78, 5) is 21.5. The lowest BCUT2D eigenvalue weighted by molar-refractivity contribution is 0.586. The molecule has 0 spiro atoms. The predicted octanol–water partition coefficient (Wildman–Crippen LogP) is 4.30. The van der Waals surface area contributed by atoms with Crippen LogP contribution in [-0.2, 0) is 0 Å². The molecule has 174 valence electrons. The molecule has 1 aliphatic carbocycles. The molecular formula is C27H26N8. The molecule has 0 unspecified atom stereocenters. The second-order valence-corrected chi connectivity index (χ2v) is 9.20. The molecule has 2 N–H and O–H groups in total. The number of nitrogens with zero attached hydrogens (tertiary/aromatic N) is 6. The Hall–Kier alpha value is -4.09. The molecule has 0 amide bonds. The van der Waals surface area contributed by atoms with Crippen LogP contribution in [0.1, 0.15) is 35.4 Å². The highest BCUT2D eigenvalue weighted by atomic mass is 15.2. The van der Waals surface area contributed by atoms with E-state index in [4.69, 9.17) is 9.97 Å². The fourth-order valence-electron chi connectivity index (χ4n) is 4.63. The first-order chi connectivity index (χ1) is 17.2. The summed E-state index contributed by atoms with van der Waals surface area (Å²) in [5, 5.41) is 17.2. The normalized spacial score (nSPS) is 15.7. The third-order valence-corrected chi connectivity index (χ3v) is 6.70. The largest absolute Gasteiger partial charge is 0.353 e. The lowest BCUT2D eigenvalue weighted by Crippen LogP contribution is -2.44. The Morgan fingerprint density at radius 1 is 1.09 bits per heavy atom. The molecule has 6 rings (SSSR count). The maximum absolute atomic E-state index is 9.27. The van der Waals surface area contributed by atoms with Crippen molar-refractivity contribution in [2.24, 2.45) is 0 Å². The van der Waals surface area contributed by atoms with E-state index in [2.05, 4.69) is 31.6 Å². The number of benzene rings is 1. The van der Waals surface area contributed by atoms with Crippen molar-refractivity contribution >= 4 is 28.2 Å². The number of hydrogen-bond donors (Lipinski definition) is 2. The number of aryl methyl sites for hydroxylation is 1. The minimum Gasteiger partial charge on any atom is -0.353 e. The predicted molar refractivity (Wildman–Crippen MR) is 137 cm³/mol. The van der Waals surface area contributed by atoms with E-state index in [-0.39, 0.29) is 0 Å². The molecule has 4 heterocycles. The molecule has 0 atom stereocenters. The summed E-state index contributed by atoms with van der Waals surface area (Å²) in [6.45, 7) is 5.71. The summed E-state index contributed by atoms with van der Waals surface area (Å²) >= 11 is 0. The number of piperazine rings is 1. The van der Waals surface area contributed by atoms with Crippen molar-refractivity contribution in [2.75, 3.05) is 36.4 Å². The van der Waals surface area contributed by atoms with Crippen molar-refractivity contribution in [3.63, 3.8) is 0 Å². The van der Waals surface area contributed by atoms with E-state index < -0.39 is 0 Å². The topological polar surface area (TPSA) is 103 Å². The number of fused-ring (bicyclic) bond motifs is 1. The summed E-state index contributed by atoms with van der Waals surface area (Å²) in [6.07, 6.45) is 8.03. The zero-order valence-corrected chi connectivity index (χ0v) is 19.6. The first kappa shape index (κ1) is 21.4. The van der Waals surface area contributed by atoms with E-state index in [9.17, 15) is 5.26 Å². The molecule has 0 bridgehead atoms. The van der Waals surface area contributed by atoms with Gasteiger partial charge in [0.25, 0.3) is 0 Å². The van der Waals surface area contributed by atoms with E-state index in [1.54, 1.807) is 6.20 Å². The van der Waals surface area contributed by atoms with E-state index in [0.717, 1.165) is 59.7 Å². The van der Waals surface area contributed by atoms with Crippen LogP contribution in [0.25, 0.3) is 22.3 Å². The van der Waals surface area contributed by atoms with E-state index in [1.165, 1.54) is 18.4 Å². The van der Waals surface area contributed by atoms with Gasteiger partial charge in [-0.2, -0.15) is 5.26 Å². The minimum absolute atomic E-state index is 0.562. The van der Waals surface area contributed by atoms with Crippen molar-refractivity contribution in [3.05, 3.63) is 65.6 Å². The van der Waals surface area contributed by atoms with Crippen LogP contribution in [0.3, 0.4) is 0 Å². The van der Waals surface area contributed by atoms with Crippen LogP contribution in [0.4, 0.5) is 17.3 Å². The lowest BCUT2D eigenvalue weighted by atomic mass is 10.1. The molecule has 8 nitrogen and oxygen atoms in total. The summed E-state index contributed by atoms with van der Waals surface area (Å²) in [5.74, 6) is 2.90. The van der Waals surface area contributed by atoms with Gasteiger partial charge in [0.05, 0.1) is 23.3 Å². The van der Waals surface area contributed by atoms with Crippen LogP contribution in [-0.4, -0.2) is 46.1 Å². The monoisotopic (exact) mass is 462 g/mol. The van der Waals surface area contributed by atoms with Crippen LogP contribution in [0.2, 0.25) is 0 Å². The summed E-state index contributed by atoms with van der Waals surface area (Å²) in [5.41, 5.74) is 5.54. The van der Waals surface area contributed by atoms with E-state index >= 15 is 0 Å². The molecule has 2 fully saturated rings. The van der Waals surface area contributed by atoms with Crippen molar-refractivity contribution in [3.8, 4) is 17.5 Å². The van der Waals surface area contributed by atoms with E-state index in [1.807, 2.05) is 49.6 Å². The average Bonchev–Trinajstić information content (AvgIpc) is 3.75. The molecule has 1 aromatic carbocycles. The van der Waals surface area contributed by atoms with Gasteiger partial charge in [-0.25, -0.2) is 15.0 Å². The van der Waals surface area contributed by atoms with Crippen molar-refractivity contribution < 1.29 is 0 Å². The third kappa shape index (κ3) is 4.27. The number of rotatable bonds is 5. The van der Waals surface area contributed by atoms with Gasteiger partial charge in [0, 0.05) is 55.2 Å². The highest BCUT2D eigenvalue weighted by Crippen LogP contribution is 2.44. The molecule has 3 aromatic heterocycles. The highest BCUT2D eigenvalue weighted by molar-refractivity contribution is 5.94. The quantitative estimate of drug-likeness (QED) is 0.453. The average molecular weight is 463 g/mol. The zero-order chi connectivity index (χ0) is 23.8. The molecule has 4 aromatic rings. The number of nitrogens with one attached hydrogen (secondary N) is 2. The first-order valence-electron chi connectivity index (χ1n) is 12.0. The van der Waals surface area contributed by atoms with Gasteiger partial charge < -0.3 is 15.5 Å². The molecule has 35 heavy (non-hydrogen) atoms. The third-order valence-electron chi connectivity index (χ3n) is 6.70. The fraction of sp³-hybridized carbons (Fsp3) is 0.296. The molecule has 1 saturated heterocycles. The van der Waals surface area contributed by atoms with Gasteiger partial charge in [0.1, 0.15) is 11.6 Å². The number of hydrogen-bond acceptors (Lipinski definition) is 8. The van der Waals surface area contributed by atoms with Gasteiger partial charge >= 0.3 is 0 Å². The molecule has 1 aliphatic heterocycles. The van der Waals surface area contributed by atoms with Crippen LogP contribution in [0.5, 0.6) is 0 Å². The van der Waals surface area contributed by atoms with Crippen LogP contribution >= 0.6 is 0 Å². The molecule has 0 radical (unpaired) electrons. The highest BCUT2D eigenvalue weighted by Gasteiger charge is 2.29. The smallest absolute Gasteiger partial charge is 0.162 e. The SMILES string of the molecule is Cc1ccc(C#N)cc1Nc1cc(-c2nc(N3CCNCC3)c3c(C4CC4)cncc3n2)ccn1. The van der Waals surface area contributed by atoms with Gasteiger partial charge in [-0.1, -0.05) is 6.07 Å². The van der Waals surface area contributed by atoms with Gasteiger partial charge in [-0.05, 0) is 61.1 Å². The Morgan fingerprint density at radius 3 is 2.74 bits per heavy atom. The molecule has 8 heteroatoms. The molecular weight excluding hydrogens is 436 g/mol. The fourth-order valence-corrected chi connectivity index (χ4v) is 4.63. The molecule has 1 saturated carbocycles. The summed E-state index contributed by atoms with van der Waals surface area (Å²) in [7, 11) is 0. The number of aromatic nitrogens is 4. The van der Waals surface area contributed by atoms with Crippen LogP contribution < -0.4 is 15.5 Å². The Bertz CT molecular complexity index is 1450. The van der Waals surface area contributed by atoms with Crippen molar-refractivity contribution in [2.45, 2.75) is 25.7 Å². The molecule has 2 aliphatic rings. The van der Waals surface area contributed by atoms with E-state index in [0.29, 0.717) is 23.1 Å². The second-order valence-electron chi connectivity index (χ2n) is 9.20. The first-order valence-corrected chi connectivity index (χ1v) is 12.0. The summed E-state index contributed by atoms with van der Waals surface area (Å²) < 4.78 is 0. The number of pyridine rings is 2. The summed E-state index contributed by atoms with van der Waals surface area (Å²) in [6, 6.07) is 11.7. The lowest BCUT2D eigenvalue weighted by Gasteiger charge is -2.30. The number of nitriles is 1. The zero-order valence-electron chi connectivity index (χ0n) is 19.6. The van der Waals surface area contributed by atoms with Gasteiger partial charge in [-0.15, -0.1) is 0 Å². The van der Waals surface area contributed by atoms with Crippen LogP contribution in [0.15, 0.2) is 48.9 Å². The van der Waals surface area contributed by atoms with Crippen molar-refractivity contribution in [1.29, 1.82) is 5.26 Å². The van der Waals surface area contributed by atoms with Gasteiger partial charge in [-0.3, -0.25) is 4.98 Å². The van der Waals surface area contributed by atoms with Crippen LogP contribution in [0, 0.1) is 18.3 Å².